The molecular formula is C20H25NO5. The molecule has 0 aromatic heterocycles. The molecule has 1 aromatic rings. The Labute approximate surface area is 153 Å². The summed E-state index contributed by atoms with van der Waals surface area (Å²) in [5.41, 5.74) is 0.403. The normalized spacial score (nSPS) is 28.0. The maximum Gasteiger partial charge on any atom is 0.329 e. The number of rotatable bonds is 5. The van der Waals surface area contributed by atoms with Gasteiger partial charge in [0.15, 0.2) is 0 Å². The Bertz CT molecular complexity index is 724. The number of aliphatic carboxylic acids is 1. The SMILES string of the molecule is CCOC(=O)C1CC(C)(C(=O)O)N(C(=O)C2CC2)C1c1ccc(C)cc1. The first-order chi connectivity index (χ1) is 12.3. The van der Waals surface area contributed by atoms with Gasteiger partial charge in [-0.1, -0.05) is 29.8 Å². The molecule has 1 saturated carbocycles. The molecule has 1 amide bonds. The van der Waals surface area contributed by atoms with Crippen LogP contribution in [0.1, 0.15) is 50.3 Å². The molecule has 2 aliphatic rings. The first-order valence-electron chi connectivity index (χ1n) is 9.09. The monoisotopic (exact) mass is 359 g/mol. The molecule has 26 heavy (non-hydrogen) atoms. The number of benzene rings is 1. The zero-order chi connectivity index (χ0) is 19.1. The van der Waals surface area contributed by atoms with Crippen LogP contribution < -0.4 is 0 Å². The molecule has 1 aromatic carbocycles. The van der Waals surface area contributed by atoms with Gasteiger partial charge < -0.3 is 14.7 Å². The summed E-state index contributed by atoms with van der Waals surface area (Å²) in [7, 11) is 0. The van der Waals surface area contributed by atoms with Crippen molar-refractivity contribution in [3.63, 3.8) is 0 Å². The molecule has 1 heterocycles. The molecule has 140 valence electrons. The van der Waals surface area contributed by atoms with E-state index in [2.05, 4.69) is 0 Å². The third-order valence-electron chi connectivity index (χ3n) is 5.44. The minimum absolute atomic E-state index is 0.0537. The molecule has 0 spiro atoms. The van der Waals surface area contributed by atoms with Crippen molar-refractivity contribution in [1.29, 1.82) is 0 Å². The molecule has 1 N–H and O–H groups in total. The predicted molar refractivity (Wildman–Crippen MR) is 94.3 cm³/mol. The zero-order valence-corrected chi connectivity index (χ0v) is 15.4. The van der Waals surface area contributed by atoms with Crippen molar-refractivity contribution in [2.24, 2.45) is 11.8 Å². The van der Waals surface area contributed by atoms with E-state index in [4.69, 9.17) is 4.74 Å². The van der Waals surface area contributed by atoms with Crippen molar-refractivity contribution in [2.45, 2.75) is 51.6 Å². The number of carbonyl (C=O) groups is 3. The number of likely N-dealkylation sites (tertiary alicyclic amines) is 1. The first-order valence-corrected chi connectivity index (χ1v) is 9.09. The van der Waals surface area contributed by atoms with Crippen LogP contribution in [0.5, 0.6) is 0 Å². The lowest BCUT2D eigenvalue weighted by atomic mass is 9.90. The smallest absolute Gasteiger partial charge is 0.329 e. The quantitative estimate of drug-likeness (QED) is 0.817. The van der Waals surface area contributed by atoms with Crippen LogP contribution in [0, 0.1) is 18.8 Å². The van der Waals surface area contributed by atoms with Gasteiger partial charge in [-0.05, 0) is 45.6 Å². The maximum absolute atomic E-state index is 13.0. The van der Waals surface area contributed by atoms with Crippen LogP contribution >= 0.6 is 0 Å². The van der Waals surface area contributed by atoms with Gasteiger partial charge in [0.2, 0.25) is 5.91 Å². The Hall–Kier alpha value is -2.37. The number of carbonyl (C=O) groups excluding carboxylic acids is 2. The van der Waals surface area contributed by atoms with Crippen LogP contribution in [0.15, 0.2) is 24.3 Å². The van der Waals surface area contributed by atoms with E-state index in [0.717, 1.165) is 24.0 Å². The number of nitrogens with zero attached hydrogens (tertiary/aromatic N) is 1. The number of carboxylic acids is 1. The Morgan fingerprint density at radius 3 is 2.35 bits per heavy atom. The van der Waals surface area contributed by atoms with Crippen LogP contribution in [0.3, 0.4) is 0 Å². The van der Waals surface area contributed by atoms with Gasteiger partial charge in [-0.3, -0.25) is 9.59 Å². The minimum Gasteiger partial charge on any atom is -0.480 e. The number of hydrogen-bond acceptors (Lipinski definition) is 4. The maximum atomic E-state index is 13.0. The van der Waals surface area contributed by atoms with E-state index < -0.39 is 29.4 Å². The van der Waals surface area contributed by atoms with E-state index in [1.165, 1.54) is 11.8 Å². The fourth-order valence-electron chi connectivity index (χ4n) is 3.83. The van der Waals surface area contributed by atoms with E-state index in [0.29, 0.717) is 0 Å². The summed E-state index contributed by atoms with van der Waals surface area (Å²) >= 11 is 0. The van der Waals surface area contributed by atoms with Crippen molar-refractivity contribution >= 4 is 17.8 Å². The van der Waals surface area contributed by atoms with E-state index in [-0.39, 0.29) is 24.9 Å². The number of carboxylic acid groups (broad SMARTS) is 1. The van der Waals surface area contributed by atoms with Crippen molar-refractivity contribution < 1.29 is 24.2 Å². The molecule has 0 bridgehead atoms. The third-order valence-corrected chi connectivity index (χ3v) is 5.44. The fourth-order valence-corrected chi connectivity index (χ4v) is 3.83. The van der Waals surface area contributed by atoms with Gasteiger partial charge >= 0.3 is 11.9 Å². The van der Waals surface area contributed by atoms with Gasteiger partial charge in [-0.15, -0.1) is 0 Å². The highest BCUT2D eigenvalue weighted by molar-refractivity contribution is 5.92. The summed E-state index contributed by atoms with van der Waals surface area (Å²) in [6, 6.07) is 6.94. The van der Waals surface area contributed by atoms with E-state index in [9.17, 15) is 19.5 Å². The molecule has 3 rings (SSSR count). The van der Waals surface area contributed by atoms with Gasteiger partial charge in [0.1, 0.15) is 5.54 Å². The Morgan fingerprint density at radius 2 is 1.85 bits per heavy atom. The van der Waals surface area contributed by atoms with Gasteiger partial charge in [0, 0.05) is 5.92 Å². The topological polar surface area (TPSA) is 83.9 Å². The summed E-state index contributed by atoms with van der Waals surface area (Å²) in [4.78, 5) is 39.2. The lowest BCUT2D eigenvalue weighted by molar-refractivity contribution is -0.158. The second-order valence-corrected chi connectivity index (χ2v) is 7.48. The van der Waals surface area contributed by atoms with Crippen LogP contribution in [-0.2, 0) is 19.1 Å². The first kappa shape index (κ1) is 18.4. The number of ether oxygens (including phenoxy) is 1. The molecule has 1 saturated heterocycles. The minimum atomic E-state index is -1.42. The fraction of sp³-hybridized carbons (Fsp3) is 0.550. The van der Waals surface area contributed by atoms with Crippen molar-refractivity contribution in [3.05, 3.63) is 35.4 Å². The summed E-state index contributed by atoms with van der Waals surface area (Å²) in [6.45, 7) is 5.43. The van der Waals surface area contributed by atoms with E-state index in [1.807, 2.05) is 31.2 Å². The summed E-state index contributed by atoms with van der Waals surface area (Å²) in [6.07, 6.45) is 1.60. The van der Waals surface area contributed by atoms with Crippen molar-refractivity contribution in [1.82, 2.24) is 4.90 Å². The molecular weight excluding hydrogens is 334 g/mol. The van der Waals surface area contributed by atoms with Crippen LogP contribution in [0.2, 0.25) is 0 Å². The average Bonchev–Trinajstić information content (AvgIpc) is 3.39. The lowest BCUT2D eigenvalue weighted by Gasteiger charge is -2.36. The van der Waals surface area contributed by atoms with Crippen molar-refractivity contribution in [3.8, 4) is 0 Å². The molecule has 1 aliphatic carbocycles. The Balaban J connectivity index is 2.09. The molecule has 6 nitrogen and oxygen atoms in total. The highest BCUT2D eigenvalue weighted by Crippen LogP contribution is 2.50. The van der Waals surface area contributed by atoms with Crippen LogP contribution in [0.25, 0.3) is 0 Å². The van der Waals surface area contributed by atoms with Crippen molar-refractivity contribution in [2.75, 3.05) is 6.61 Å². The molecule has 1 aliphatic heterocycles. The largest absolute Gasteiger partial charge is 0.480 e. The van der Waals surface area contributed by atoms with Gasteiger partial charge in [-0.25, -0.2) is 4.79 Å². The Kier molecular flexibility index (Phi) is 4.78. The Morgan fingerprint density at radius 1 is 1.23 bits per heavy atom. The van der Waals surface area contributed by atoms with Gasteiger partial charge in [0.05, 0.1) is 18.6 Å². The van der Waals surface area contributed by atoms with E-state index >= 15 is 0 Å². The number of aryl methyl sites for hydroxylation is 1. The standard InChI is InChI=1S/C20H25NO5/c1-4-26-18(23)15-11-20(3,19(24)25)21(17(22)14-9-10-14)16(15)13-7-5-12(2)6-8-13/h5-8,14-16H,4,9-11H2,1-3H3,(H,24,25). The van der Waals surface area contributed by atoms with E-state index in [1.54, 1.807) is 6.92 Å². The second-order valence-electron chi connectivity index (χ2n) is 7.48. The van der Waals surface area contributed by atoms with Crippen LogP contribution in [-0.4, -0.2) is 40.0 Å². The molecule has 6 heteroatoms. The van der Waals surface area contributed by atoms with Crippen LogP contribution in [0.4, 0.5) is 0 Å². The van der Waals surface area contributed by atoms with Gasteiger partial charge in [-0.2, -0.15) is 0 Å². The number of amides is 1. The molecule has 0 radical (unpaired) electrons. The zero-order valence-electron chi connectivity index (χ0n) is 15.4. The predicted octanol–water partition coefficient (Wildman–Crippen LogP) is 2.70. The average molecular weight is 359 g/mol. The van der Waals surface area contributed by atoms with Gasteiger partial charge in [0.25, 0.3) is 0 Å². The lowest BCUT2D eigenvalue weighted by Crippen LogP contribution is -2.52. The second kappa shape index (κ2) is 6.74. The molecule has 3 atom stereocenters. The summed E-state index contributed by atoms with van der Waals surface area (Å²) in [5.74, 6) is -2.54. The molecule has 3 unspecified atom stereocenters. The summed E-state index contributed by atoms with van der Waals surface area (Å²) < 4.78 is 5.21. The summed E-state index contributed by atoms with van der Waals surface area (Å²) in [5, 5.41) is 9.89. The third kappa shape index (κ3) is 3.08. The number of esters is 1. The highest BCUT2D eigenvalue weighted by atomic mass is 16.5. The molecule has 2 fully saturated rings. The highest BCUT2D eigenvalue weighted by Gasteiger charge is 2.59. The number of hydrogen-bond donors (Lipinski definition) is 1.